The van der Waals surface area contributed by atoms with Crippen LogP contribution in [-0.4, -0.2) is 17.1 Å². The average molecular weight is 248 g/mol. The number of hydrogen-bond acceptors (Lipinski definition) is 2. The topological polar surface area (TPSA) is 37.3 Å². The predicted molar refractivity (Wildman–Crippen MR) is 55.3 cm³/mol. The monoisotopic (exact) mass is 248 g/mol. The van der Waals surface area contributed by atoms with Crippen molar-refractivity contribution in [2.75, 3.05) is 0 Å². The summed E-state index contributed by atoms with van der Waals surface area (Å²) in [6.45, 7) is 5.31. The van der Waals surface area contributed by atoms with Crippen LogP contribution in [0.2, 0.25) is 0 Å². The van der Waals surface area contributed by atoms with Gasteiger partial charge in [0.05, 0.1) is 0 Å². The second-order valence-corrected chi connectivity index (χ2v) is 5.73. The highest BCUT2D eigenvalue weighted by molar-refractivity contribution is 6.05. The zero-order valence-corrected chi connectivity index (χ0v) is 9.98. The molecular weight excluding hydrogens is 233 g/mol. The Balaban J connectivity index is 2.60. The van der Waals surface area contributed by atoms with Crippen molar-refractivity contribution < 1.29 is 23.1 Å². The second-order valence-electron chi connectivity index (χ2n) is 5.73. The van der Waals surface area contributed by atoms with Crippen molar-refractivity contribution in [1.29, 1.82) is 0 Å². The van der Waals surface area contributed by atoms with Gasteiger partial charge in [0, 0.05) is 11.0 Å². The number of aliphatic hydroxyl groups is 1. The first-order valence-corrected chi connectivity index (χ1v) is 5.58. The molecule has 2 atom stereocenters. The molecule has 0 heterocycles. The molecule has 0 aromatic heterocycles. The Morgan fingerprint density at radius 1 is 1.35 bits per heavy atom. The van der Waals surface area contributed by atoms with E-state index in [1.807, 2.05) is 0 Å². The van der Waals surface area contributed by atoms with Gasteiger partial charge < -0.3 is 5.11 Å². The predicted octanol–water partition coefficient (Wildman–Crippen LogP) is 3.39. The molecule has 2 fully saturated rings. The lowest BCUT2D eigenvalue weighted by atomic mass is 9.70. The van der Waals surface area contributed by atoms with Crippen molar-refractivity contribution in [3.63, 3.8) is 0 Å². The third-order valence-electron chi connectivity index (χ3n) is 4.84. The van der Waals surface area contributed by atoms with Crippen molar-refractivity contribution in [2.45, 2.75) is 39.8 Å². The summed E-state index contributed by atoms with van der Waals surface area (Å²) in [6, 6.07) is 0. The number of fused-ring (bicyclic) bond motifs is 2. The normalized spacial score (nSPS) is 38.7. The zero-order chi connectivity index (χ0) is 13.2. The Morgan fingerprint density at radius 2 is 1.88 bits per heavy atom. The van der Waals surface area contributed by atoms with Gasteiger partial charge >= 0.3 is 6.18 Å². The molecule has 1 N–H and O–H groups in total. The smallest absolute Gasteiger partial charge is 0.449 e. The van der Waals surface area contributed by atoms with Crippen molar-refractivity contribution in [2.24, 2.45) is 16.7 Å². The van der Waals surface area contributed by atoms with E-state index >= 15 is 0 Å². The number of hydrogen-bond donors (Lipinski definition) is 1. The third kappa shape index (κ3) is 1.31. The fourth-order valence-electron chi connectivity index (χ4n) is 3.29. The molecule has 96 valence electrons. The van der Waals surface area contributed by atoms with Gasteiger partial charge in [-0.15, -0.1) is 0 Å². The van der Waals surface area contributed by atoms with Gasteiger partial charge in [0.25, 0.3) is 0 Å². The molecule has 2 nitrogen and oxygen atoms in total. The largest absolute Gasteiger partial charge is 0.504 e. The van der Waals surface area contributed by atoms with Gasteiger partial charge in [0.15, 0.2) is 5.78 Å². The maximum absolute atomic E-state index is 12.5. The summed E-state index contributed by atoms with van der Waals surface area (Å²) in [5, 5.41) is 9.26. The highest BCUT2D eigenvalue weighted by atomic mass is 19.4. The van der Waals surface area contributed by atoms with Crippen molar-refractivity contribution in [1.82, 2.24) is 0 Å². The Labute approximate surface area is 97.5 Å². The van der Waals surface area contributed by atoms with E-state index in [9.17, 15) is 23.1 Å². The van der Waals surface area contributed by atoms with E-state index in [0.29, 0.717) is 12.8 Å². The lowest BCUT2D eigenvalue weighted by Gasteiger charge is -2.31. The number of carbonyl (C=O) groups is 1. The third-order valence-corrected chi connectivity index (χ3v) is 4.84. The van der Waals surface area contributed by atoms with E-state index < -0.39 is 40.0 Å². The minimum absolute atomic E-state index is 0.406. The lowest BCUT2D eigenvalue weighted by Crippen LogP contribution is -2.32. The van der Waals surface area contributed by atoms with Crippen LogP contribution in [0.25, 0.3) is 0 Å². The van der Waals surface area contributed by atoms with Crippen LogP contribution in [0.3, 0.4) is 0 Å². The molecule has 0 amide bonds. The van der Waals surface area contributed by atoms with Gasteiger partial charge in [-0.05, 0) is 24.2 Å². The van der Waals surface area contributed by atoms with Crippen LogP contribution < -0.4 is 0 Å². The summed E-state index contributed by atoms with van der Waals surface area (Å²) in [6.07, 6.45) is -3.70. The van der Waals surface area contributed by atoms with E-state index in [4.69, 9.17) is 0 Å². The number of allylic oxidation sites excluding steroid dienone is 2. The summed E-state index contributed by atoms with van der Waals surface area (Å²) in [5.41, 5.74) is -1.69. The van der Waals surface area contributed by atoms with Crippen LogP contribution in [0.15, 0.2) is 11.3 Å². The molecule has 2 saturated carbocycles. The molecule has 2 bridgehead atoms. The second kappa shape index (κ2) is 3.06. The van der Waals surface area contributed by atoms with Crippen molar-refractivity contribution >= 4 is 5.78 Å². The van der Waals surface area contributed by atoms with Crippen molar-refractivity contribution in [3.8, 4) is 0 Å². The summed E-state index contributed by atoms with van der Waals surface area (Å²) >= 11 is 0. The molecule has 17 heavy (non-hydrogen) atoms. The molecule has 2 rings (SSSR count). The first-order valence-electron chi connectivity index (χ1n) is 5.58. The van der Waals surface area contributed by atoms with Gasteiger partial charge in [-0.1, -0.05) is 20.8 Å². The molecule has 0 unspecified atom stereocenters. The van der Waals surface area contributed by atoms with Crippen LogP contribution >= 0.6 is 0 Å². The molecule has 2 aliphatic rings. The zero-order valence-electron chi connectivity index (χ0n) is 9.98. The molecule has 5 heteroatoms. The number of ketones is 1. The van der Waals surface area contributed by atoms with E-state index in [0.717, 1.165) is 0 Å². The first kappa shape index (κ1) is 12.5. The van der Waals surface area contributed by atoms with Crippen LogP contribution in [-0.2, 0) is 4.79 Å². The highest BCUT2D eigenvalue weighted by Crippen LogP contribution is 2.66. The van der Waals surface area contributed by atoms with E-state index in [1.54, 1.807) is 20.8 Å². The maximum Gasteiger partial charge on any atom is 0.449 e. The molecule has 0 aliphatic heterocycles. The van der Waals surface area contributed by atoms with Gasteiger partial charge in [0.2, 0.25) is 5.76 Å². The molecule has 0 radical (unpaired) electrons. The van der Waals surface area contributed by atoms with Crippen LogP contribution in [0, 0.1) is 16.7 Å². The number of halogens is 3. The van der Waals surface area contributed by atoms with E-state index in [1.165, 1.54) is 0 Å². The fraction of sp³-hybridized carbons (Fsp3) is 0.750. The fourth-order valence-corrected chi connectivity index (χ4v) is 3.29. The minimum atomic E-state index is -4.83. The van der Waals surface area contributed by atoms with Gasteiger partial charge in [-0.25, -0.2) is 0 Å². The molecule has 0 spiro atoms. The Hall–Kier alpha value is -1.00. The standard InChI is InChI=1S/C12H15F3O2/c1-10(2)6-4-5-11(10,3)8(16)7(6)9(17)12(13,14)15/h6,17H,4-5H2,1-3H3/b9-7-/t6-,11+/m0/s1. The molecular formula is C12H15F3O2. The minimum Gasteiger partial charge on any atom is -0.504 e. The number of rotatable bonds is 0. The van der Waals surface area contributed by atoms with E-state index in [2.05, 4.69) is 0 Å². The average Bonchev–Trinajstić information content (AvgIpc) is 2.47. The van der Waals surface area contributed by atoms with Gasteiger partial charge in [-0.3, -0.25) is 4.79 Å². The van der Waals surface area contributed by atoms with Crippen LogP contribution in [0.4, 0.5) is 13.2 Å². The Bertz CT molecular complexity index is 420. The lowest BCUT2D eigenvalue weighted by molar-refractivity contribution is -0.131. The summed E-state index contributed by atoms with van der Waals surface area (Å²) in [7, 11) is 0. The Kier molecular flexibility index (Phi) is 2.24. The Morgan fingerprint density at radius 3 is 2.24 bits per heavy atom. The molecule has 0 saturated heterocycles. The number of Topliss-reactive ketones (excluding diaryl/α,β-unsaturated/α-hetero) is 1. The van der Waals surface area contributed by atoms with E-state index in [-0.39, 0.29) is 0 Å². The van der Waals surface area contributed by atoms with Crippen molar-refractivity contribution in [3.05, 3.63) is 11.3 Å². The van der Waals surface area contributed by atoms with Crippen LogP contribution in [0.1, 0.15) is 33.6 Å². The first-order chi connectivity index (χ1) is 7.53. The van der Waals surface area contributed by atoms with Crippen LogP contribution in [0.5, 0.6) is 0 Å². The molecule has 0 aromatic carbocycles. The SMILES string of the molecule is CC1(C)[C@H]2CC[C@]1(C)C(=O)/C2=C(\O)C(F)(F)F. The summed E-state index contributed by atoms with van der Waals surface area (Å²) in [5.74, 6) is -2.71. The number of carbonyl (C=O) groups excluding carboxylic acids is 1. The number of aliphatic hydroxyl groups excluding tert-OH is 1. The maximum atomic E-state index is 12.5. The quantitative estimate of drug-likeness (QED) is 0.527. The molecule has 0 aromatic rings. The van der Waals surface area contributed by atoms with Gasteiger partial charge in [0.1, 0.15) is 0 Å². The summed E-state index contributed by atoms with van der Waals surface area (Å²) in [4.78, 5) is 12.1. The molecule has 2 aliphatic carbocycles. The highest BCUT2D eigenvalue weighted by Gasteiger charge is 2.66. The van der Waals surface area contributed by atoms with Gasteiger partial charge in [-0.2, -0.15) is 13.2 Å². The number of alkyl halides is 3. The summed E-state index contributed by atoms with van der Waals surface area (Å²) < 4.78 is 37.5.